The molecule has 25 heavy (non-hydrogen) atoms. The molecule has 3 aromatic rings. The summed E-state index contributed by atoms with van der Waals surface area (Å²) in [5, 5.41) is 3.68. The molecule has 0 bridgehead atoms. The fourth-order valence-electron chi connectivity index (χ4n) is 2.46. The molecular formula is C17H18BrClN4O2. The van der Waals surface area contributed by atoms with Gasteiger partial charge in [-0.2, -0.15) is 0 Å². The van der Waals surface area contributed by atoms with Gasteiger partial charge in [0.1, 0.15) is 16.4 Å². The zero-order valence-corrected chi connectivity index (χ0v) is 16.2. The molecule has 0 aromatic carbocycles. The van der Waals surface area contributed by atoms with Gasteiger partial charge in [-0.05, 0) is 28.9 Å². The number of nitrogens with two attached hydrogens (primary N) is 1. The summed E-state index contributed by atoms with van der Waals surface area (Å²) >= 11 is 9.70. The predicted octanol–water partition coefficient (Wildman–Crippen LogP) is 4.15. The number of hydrogen-bond acceptors (Lipinski definition) is 6. The van der Waals surface area contributed by atoms with Crippen molar-refractivity contribution in [1.82, 2.24) is 9.97 Å². The van der Waals surface area contributed by atoms with E-state index in [0.717, 1.165) is 21.6 Å². The summed E-state index contributed by atoms with van der Waals surface area (Å²) in [5.74, 6) is 1.32. The third-order valence-electron chi connectivity index (χ3n) is 3.58. The van der Waals surface area contributed by atoms with E-state index in [2.05, 4.69) is 31.2 Å². The highest BCUT2D eigenvalue weighted by atomic mass is 79.9. The molecule has 0 aliphatic heterocycles. The van der Waals surface area contributed by atoms with Crippen molar-refractivity contribution < 1.29 is 9.15 Å². The van der Waals surface area contributed by atoms with E-state index in [1.807, 2.05) is 19.1 Å². The lowest BCUT2D eigenvalue weighted by atomic mass is 10.2. The molecule has 0 saturated carbocycles. The highest BCUT2D eigenvalue weighted by Gasteiger charge is 2.18. The number of aromatic nitrogens is 2. The van der Waals surface area contributed by atoms with Crippen molar-refractivity contribution in [2.24, 2.45) is 5.73 Å². The number of pyridine rings is 2. The molecule has 3 heterocycles. The fraction of sp³-hybridized carbons (Fsp3) is 0.294. The second-order valence-corrected chi connectivity index (χ2v) is 6.90. The molecule has 0 spiro atoms. The van der Waals surface area contributed by atoms with Crippen molar-refractivity contribution in [3.63, 3.8) is 0 Å². The Balaban J connectivity index is 1.92. The lowest BCUT2D eigenvalue weighted by molar-refractivity contribution is 0.396. The van der Waals surface area contributed by atoms with Gasteiger partial charge in [-0.1, -0.05) is 17.7 Å². The summed E-state index contributed by atoms with van der Waals surface area (Å²) in [6.45, 7) is 2.42. The van der Waals surface area contributed by atoms with Gasteiger partial charge in [0.15, 0.2) is 5.58 Å². The molecular weight excluding hydrogens is 408 g/mol. The highest BCUT2D eigenvalue weighted by molar-refractivity contribution is 9.10. The van der Waals surface area contributed by atoms with E-state index in [0.29, 0.717) is 35.1 Å². The first kappa shape index (κ1) is 18.0. The van der Waals surface area contributed by atoms with Crippen molar-refractivity contribution in [3.8, 4) is 5.88 Å². The Kier molecular flexibility index (Phi) is 5.46. The van der Waals surface area contributed by atoms with Crippen LogP contribution in [0, 0.1) is 0 Å². The molecule has 0 aliphatic carbocycles. The van der Waals surface area contributed by atoms with Gasteiger partial charge in [0.05, 0.1) is 29.5 Å². The van der Waals surface area contributed by atoms with Crippen LogP contribution >= 0.6 is 27.5 Å². The number of furan rings is 1. The average Bonchev–Trinajstić information content (AvgIpc) is 2.88. The molecule has 6 nitrogen and oxygen atoms in total. The predicted molar refractivity (Wildman–Crippen MR) is 102 cm³/mol. The second-order valence-electron chi connectivity index (χ2n) is 5.72. The average molecular weight is 426 g/mol. The van der Waals surface area contributed by atoms with E-state index in [-0.39, 0.29) is 6.04 Å². The van der Waals surface area contributed by atoms with Crippen LogP contribution in [-0.4, -0.2) is 23.1 Å². The Morgan fingerprint density at radius 2 is 2.20 bits per heavy atom. The van der Waals surface area contributed by atoms with Gasteiger partial charge < -0.3 is 20.2 Å². The normalized spacial score (nSPS) is 12.4. The number of nitrogens with zero attached hydrogens (tertiary/aromatic N) is 2. The molecule has 0 aliphatic rings. The molecule has 0 unspecified atom stereocenters. The minimum atomic E-state index is -0.0234. The Hall–Kier alpha value is -1.83. The van der Waals surface area contributed by atoms with Crippen LogP contribution in [0.4, 0.5) is 5.69 Å². The number of rotatable bonds is 6. The Labute approximate surface area is 158 Å². The molecule has 3 N–H and O–H groups in total. The van der Waals surface area contributed by atoms with Gasteiger partial charge in [0.25, 0.3) is 0 Å². The minimum absolute atomic E-state index is 0.0234. The molecule has 0 amide bonds. The third-order valence-corrected chi connectivity index (χ3v) is 4.59. The van der Waals surface area contributed by atoms with Crippen LogP contribution in [-0.2, 0) is 13.0 Å². The summed E-state index contributed by atoms with van der Waals surface area (Å²) < 4.78 is 11.9. The second kappa shape index (κ2) is 7.59. The van der Waals surface area contributed by atoms with Crippen LogP contribution < -0.4 is 15.8 Å². The van der Waals surface area contributed by atoms with Crippen LogP contribution in [0.25, 0.3) is 11.1 Å². The monoisotopic (exact) mass is 424 g/mol. The lowest BCUT2D eigenvalue weighted by Crippen LogP contribution is -2.17. The zero-order chi connectivity index (χ0) is 18.0. The van der Waals surface area contributed by atoms with Crippen molar-refractivity contribution in [2.45, 2.75) is 25.9 Å². The topological polar surface area (TPSA) is 86.2 Å². The zero-order valence-electron chi connectivity index (χ0n) is 13.8. The Morgan fingerprint density at radius 3 is 2.92 bits per heavy atom. The summed E-state index contributed by atoms with van der Waals surface area (Å²) in [6.07, 6.45) is 0.603. The quantitative estimate of drug-likeness (QED) is 0.577. The maximum absolute atomic E-state index is 6.17. The van der Waals surface area contributed by atoms with Gasteiger partial charge in [-0.3, -0.25) is 0 Å². The summed E-state index contributed by atoms with van der Waals surface area (Å²) in [4.78, 5) is 8.74. The first-order valence-corrected chi connectivity index (χ1v) is 8.91. The number of nitrogens with one attached hydrogen (secondary N) is 1. The van der Waals surface area contributed by atoms with E-state index in [1.54, 1.807) is 19.2 Å². The largest absolute Gasteiger partial charge is 0.481 e. The Morgan fingerprint density at radius 1 is 1.40 bits per heavy atom. The number of ether oxygens (including phenoxy) is 1. The first-order chi connectivity index (χ1) is 12.0. The van der Waals surface area contributed by atoms with Crippen molar-refractivity contribution in [1.29, 1.82) is 0 Å². The summed E-state index contributed by atoms with van der Waals surface area (Å²) in [7, 11) is 1.59. The Bertz CT molecular complexity index is 898. The maximum atomic E-state index is 6.17. The van der Waals surface area contributed by atoms with Crippen LogP contribution in [0.5, 0.6) is 5.88 Å². The molecule has 1 atom stereocenters. The molecule has 8 heteroatoms. The van der Waals surface area contributed by atoms with Crippen molar-refractivity contribution in [2.75, 3.05) is 12.4 Å². The SMILES string of the molecule is COc1cccc(CNc2cc(Cl)nc3c(Br)c(C[C@H](C)N)oc23)n1. The standard InChI is InChI=1S/C17H18BrClN4O2/c1-9(20)6-12-15(18)16-17(25-12)11(7-13(19)23-16)21-8-10-4-3-5-14(22-10)24-2/h3-5,7,9H,6,8,20H2,1-2H3,(H,21,23)/t9-/m0/s1. The molecule has 3 rings (SSSR count). The number of fused-ring (bicyclic) bond motifs is 1. The van der Waals surface area contributed by atoms with E-state index in [4.69, 9.17) is 26.5 Å². The minimum Gasteiger partial charge on any atom is -0.481 e. The lowest BCUT2D eigenvalue weighted by Gasteiger charge is -2.08. The maximum Gasteiger partial charge on any atom is 0.213 e. The summed E-state index contributed by atoms with van der Waals surface area (Å²) in [5.41, 5.74) is 8.77. The van der Waals surface area contributed by atoms with E-state index < -0.39 is 0 Å². The number of halogens is 2. The third kappa shape index (κ3) is 4.05. The molecule has 0 saturated heterocycles. The molecule has 0 radical (unpaired) electrons. The number of methoxy groups -OCH3 is 1. The van der Waals surface area contributed by atoms with E-state index in [9.17, 15) is 0 Å². The fourth-order valence-corrected chi connectivity index (χ4v) is 3.17. The smallest absolute Gasteiger partial charge is 0.213 e. The van der Waals surface area contributed by atoms with Crippen molar-refractivity contribution >= 4 is 44.3 Å². The number of hydrogen-bond donors (Lipinski definition) is 2. The first-order valence-electron chi connectivity index (χ1n) is 7.74. The molecule has 132 valence electrons. The number of anilines is 1. The van der Waals surface area contributed by atoms with Crippen LogP contribution in [0.1, 0.15) is 18.4 Å². The van der Waals surface area contributed by atoms with Gasteiger partial charge in [0.2, 0.25) is 5.88 Å². The van der Waals surface area contributed by atoms with Crippen LogP contribution in [0.15, 0.2) is 33.2 Å². The van der Waals surface area contributed by atoms with Gasteiger partial charge in [0, 0.05) is 24.6 Å². The van der Waals surface area contributed by atoms with Crippen molar-refractivity contribution in [3.05, 3.63) is 45.3 Å². The van der Waals surface area contributed by atoms with Crippen LogP contribution in [0.2, 0.25) is 5.15 Å². The van der Waals surface area contributed by atoms with E-state index in [1.165, 1.54) is 0 Å². The van der Waals surface area contributed by atoms with Gasteiger partial charge in [-0.15, -0.1) is 0 Å². The van der Waals surface area contributed by atoms with Crippen LogP contribution in [0.3, 0.4) is 0 Å². The van der Waals surface area contributed by atoms with E-state index >= 15 is 0 Å². The summed E-state index contributed by atoms with van der Waals surface area (Å²) in [6, 6.07) is 7.31. The van der Waals surface area contributed by atoms with Gasteiger partial charge >= 0.3 is 0 Å². The highest BCUT2D eigenvalue weighted by Crippen LogP contribution is 2.36. The van der Waals surface area contributed by atoms with Gasteiger partial charge in [-0.25, -0.2) is 9.97 Å². The molecule has 3 aromatic heterocycles. The molecule has 0 fully saturated rings.